The van der Waals surface area contributed by atoms with Crippen molar-refractivity contribution in [1.29, 1.82) is 0 Å². The average Bonchev–Trinajstić information content (AvgIpc) is 4.20. The molecule has 15 rings (SSSR count). The number of rotatable bonds is 6. The van der Waals surface area contributed by atoms with Crippen LogP contribution in [0.5, 0.6) is 0 Å². The van der Waals surface area contributed by atoms with Crippen molar-refractivity contribution in [2.75, 3.05) is 0 Å². The molecule has 7 heteroatoms. The van der Waals surface area contributed by atoms with Crippen molar-refractivity contribution < 1.29 is 8.83 Å². The number of fused-ring (bicyclic) bond motifs is 13. The second-order valence-electron chi connectivity index (χ2n) is 17.8. The predicted octanol–water partition coefficient (Wildman–Crippen LogP) is 17.5. The van der Waals surface area contributed by atoms with Gasteiger partial charge in [0.2, 0.25) is 0 Å². The lowest BCUT2D eigenvalue weighted by Crippen LogP contribution is -2.00. The molecule has 0 bridgehead atoms. The Hall–Kier alpha value is -9.17. The van der Waals surface area contributed by atoms with Crippen molar-refractivity contribution in [3.05, 3.63) is 218 Å². The molecular formula is C63H36N4O2S. The molecule has 15 aromatic rings. The molecule has 0 radical (unpaired) electrons. The van der Waals surface area contributed by atoms with Gasteiger partial charge in [0.1, 0.15) is 22.3 Å². The second kappa shape index (κ2) is 15.2. The van der Waals surface area contributed by atoms with E-state index in [1.54, 1.807) is 0 Å². The summed E-state index contributed by atoms with van der Waals surface area (Å²) < 4.78 is 18.1. The minimum atomic E-state index is 0.567. The van der Waals surface area contributed by atoms with E-state index < -0.39 is 0 Å². The number of hydrogen-bond donors (Lipinski definition) is 0. The zero-order chi connectivity index (χ0) is 45.9. The van der Waals surface area contributed by atoms with Crippen molar-refractivity contribution in [3.8, 4) is 62.1 Å². The number of hydrogen-bond acceptors (Lipinski definition) is 6. The van der Waals surface area contributed by atoms with Crippen molar-refractivity contribution in [1.82, 2.24) is 19.5 Å². The van der Waals surface area contributed by atoms with E-state index in [0.717, 1.165) is 94.0 Å². The maximum atomic E-state index is 6.67. The third kappa shape index (κ3) is 5.89. The third-order valence-corrected chi connectivity index (χ3v) is 15.0. The molecule has 0 atom stereocenters. The molecule has 0 unspecified atom stereocenters. The van der Waals surface area contributed by atoms with E-state index in [2.05, 4.69) is 168 Å². The molecule has 6 nitrogen and oxygen atoms in total. The molecule has 10 aromatic carbocycles. The third-order valence-electron chi connectivity index (χ3n) is 13.9. The van der Waals surface area contributed by atoms with Crippen LogP contribution in [0.3, 0.4) is 0 Å². The monoisotopic (exact) mass is 912 g/mol. The maximum absolute atomic E-state index is 6.67. The first-order chi connectivity index (χ1) is 34.7. The number of furan rings is 2. The summed E-state index contributed by atoms with van der Waals surface area (Å²) in [6, 6.07) is 76.6. The lowest BCUT2D eigenvalue weighted by Gasteiger charge is -2.12. The van der Waals surface area contributed by atoms with E-state index >= 15 is 0 Å². The highest BCUT2D eigenvalue weighted by Gasteiger charge is 2.23. The van der Waals surface area contributed by atoms with Gasteiger partial charge in [0, 0.05) is 86.0 Å². The van der Waals surface area contributed by atoms with Crippen LogP contribution < -0.4 is 0 Å². The van der Waals surface area contributed by atoms with E-state index in [4.69, 9.17) is 23.8 Å². The molecule has 0 aliphatic carbocycles. The summed E-state index contributed by atoms with van der Waals surface area (Å²) in [5.41, 5.74) is 13.7. The van der Waals surface area contributed by atoms with Gasteiger partial charge in [-0.25, -0.2) is 15.0 Å². The zero-order valence-corrected chi connectivity index (χ0v) is 38.1. The first-order valence-electron chi connectivity index (χ1n) is 23.4. The van der Waals surface area contributed by atoms with Crippen LogP contribution >= 0.6 is 11.3 Å². The molecule has 0 spiro atoms. The first kappa shape index (κ1) is 38.9. The fraction of sp³-hybridized carbons (Fsp3) is 0. The van der Waals surface area contributed by atoms with Gasteiger partial charge in [0.15, 0.2) is 17.5 Å². The Morgan fingerprint density at radius 1 is 0.343 bits per heavy atom. The molecule has 0 saturated carbocycles. The highest BCUT2D eigenvalue weighted by molar-refractivity contribution is 7.26. The summed E-state index contributed by atoms with van der Waals surface area (Å²) in [6.45, 7) is 0. The number of aromatic nitrogens is 4. The summed E-state index contributed by atoms with van der Waals surface area (Å²) in [5, 5.41) is 9.22. The summed E-state index contributed by atoms with van der Waals surface area (Å²) in [6.07, 6.45) is 0. The van der Waals surface area contributed by atoms with Crippen molar-refractivity contribution in [3.63, 3.8) is 0 Å². The number of benzene rings is 10. The van der Waals surface area contributed by atoms with Crippen LogP contribution in [0.25, 0.3) is 148 Å². The van der Waals surface area contributed by atoms with E-state index in [9.17, 15) is 0 Å². The Kier molecular flexibility index (Phi) is 8.43. The van der Waals surface area contributed by atoms with Gasteiger partial charge in [-0.3, -0.25) is 0 Å². The van der Waals surface area contributed by atoms with Crippen LogP contribution in [0.2, 0.25) is 0 Å². The topological polar surface area (TPSA) is 69.9 Å². The lowest BCUT2D eigenvalue weighted by atomic mass is 9.98. The SMILES string of the molecule is c1ccc(-c2nc(-c3ccc(-c4cccc5c4oc4ccccc45)cc3)nc(-c3cccc4oc5ccc(-c6cccc7c8c9c(ccc8n(-c8ccccc8)c67)sc6ccccc69)cc5c34)n2)cc1. The fourth-order valence-corrected chi connectivity index (χ4v) is 11.9. The molecule has 0 fully saturated rings. The first-order valence-corrected chi connectivity index (χ1v) is 24.2. The Labute approximate surface area is 404 Å². The zero-order valence-electron chi connectivity index (χ0n) is 37.3. The number of nitrogens with zero attached hydrogens (tertiary/aromatic N) is 4. The minimum Gasteiger partial charge on any atom is -0.456 e. The van der Waals surface area contributed by atoms with Crippen LogP contribution in [0, 0.1) is 0 Å². The standard InChI is InChI=1S/C63H36N4O2S/c1-3-14-38(15-4-1)61-64-62(39-30-28-37(29-31-39)43-21-12-22-45-44-18-7-9-25-51(44)69-60(43)45)66-63(65-61)48-24-13-26-53-56(48)49-36-40(32-34-52(49)68-53)42-20-11-23-47-57-50(67(59(42)47)41-16-5-2-6-17-41)33-35-55-58(57)46-19-8-10-27-54(46)70-55/h1-36H. The Morgan fingerprint density at radius 3 is 1.80 bits per heavy atom. The molecule has 0 aliphatic heterocycles. The maximum Gasteiger partial charge on any atom is 0.164 e. The predicted molar refractivity (Wildman–Crippen MR) is 289 cm³/mol. The highest BCUT2D eigenvalue weighted by Crippen LogP contribution is 2.47. The highest BCUT2D eigenvalue weighted by atomic mass is 32.1. The van der Waals surface area contributed by atoms with Crippen LogP contribution in [-0.4, -0.2) is 19.5 Å². The molecule has 70 heavy (non-hydrogen) atoms. The van der Waals surface area contributed by atoms with Crippen LogP contribution in [0.4, 0.5) is 0 Å². The molecule has 326 valence electrons. The van der Waals surface area contributed by atoms with Gasteiger partial charge in [-0.15, -0.1) is 11.3 Å². The fourth-order valence-electron chi connectivity index (χ4n) is 10.7. The quantitative estimate of drug-likeness (QED) is 0.166. The Balaban J connectivity index is 0.912. The molecule has 0 N–H and O–H groups in total. The smallest absolute Gasteiger partial charge is 0.164 e. The molecule has 0 amide bonds. The van der Waals surface area contributed by atoms with Gasteiger partial charge >= 0.3 is 0 Å². The number of para-hydroxylation sites is 4. The van der Waals surface area contributed by atoms with Crippen LogP contribution in [0.1, 0.15) is 0 Å². The molecule has 5 heterocycles. The average molecular weight is 913 g/mol. The van der Waals surface area contributed by atoms with E-state index in [0.29, 0.717) is 17.5 Å². The van der Waals surface area contributed by atoms with Gasteiger partial charge in [-0.05, 0) is 65.7 Å². The molecule has 5 aromatic heterocycles. The largest absolute Gasteiger partial charge is 0.456 e. The van der Waals surface area contributed by atoms with E-state index in [1.807, 2.05) is 65.9 Å². The summed E-state index contributed by atoms with van der Waals surface area (Å²) >= 11 is 1.86. The van der Waals surface area contributed by atoms with Gasteiger partial charge in [0.25, 0.3) is 0 Å². The van der Waals surface area contributed by atoms with Crippen LogP contribution in [-0.2, 0) is 0 Å². The van der Waals surface area contributed by atoms with Gasteiger partial charge in [-0.1, -0.05) is 164 Å². The summed E-state index contributed by atoms with van der Waals surface area (Å²) in [5.74, 6) is 1.74. The van der Waals surface area contributed by atoms with Crippen molar-refractivity contribution in [2.24, 2.45) is 0 Å². The molecular weight excluding hydrogens is 877 g/mol. The Morgan fingerprint density at radius 2 is 0.957 bits per heavy atom. The second-order valence-corrected chi connectivity index (χ2v) is 18.9. The van der Waals surface area contributed by atoms with Gasteiger partial charge in [0.05, 0.1) is 11.0 Å². The van der Waals surface area contributed by atoms with Crippen LogP contribution in [0.15, 0.2) is 227 Å². The summed E-state index contributed by atoms with van der Waals surface area (Å²) in [7, 11) is 0. The summed E-state index contributed by atoms with van der Waals surface area (Å²) in [4.78, 5) is 15.6. The van der Waals surface area contributed by atoms with Gasteiger partial charge in [-0.2, -0.15) is 0 Å². The van der Waals surface area contributed by atoms with Gasteiger partial charge < -0.3 is 13.4 Å². The lowest BCUT2D eigenvalue weighted by molar-refractivity contribution is 0.669. The van der Waals surface area contributed by atoms with E-state index in [-0.39, 0.29) is 0 Å². The normalized spacial score (nSPS) is 12.0. The molecule has 0 aliphatic rings. The number of thiophene rings is 1. The Bertz CT molecular complexity index is 4580. The minimum absolute atomic E-state index is 0.567. The van der Waals surface area contributed by atoms with E-state index in [1.165, 1.54) is 36.5 Å². The van der Waals surface area contributed by atoms with Crippen molar-refractivity contribution in [2.45, 2.75) is 0 Å². The van der Waals surface area contributed by atoms with Crippen molar-refractivity contribution >= 4 is 97.2 Å². The molecule has 0 saturated heterocycles.